The molecule has 30 heavy (non-hydrogen) atoms. The zero-order chi connectivity index (χ0) is 22.6. The minimum Gasteiger partial charge on any atom is -0.504 e. The van der Waals surface area contributed by atoms with E-state index >= 15 is 0 Å². The van der Waals surface area contributed by atoms with Gasteiger partial charge in [0.05, 0.1) is 21.0 Å². The molecule has 0 atom stereocenters. The predicted octanol–water partition coefficient (Wildman–Crippen LogP) is 5.26. The van der Waals surface area contributed by atoms with Crippen LogP contribution in [0.1, 0.15) is 43.2 Å². The zero-order valence-electron chi connectivity index (χ0n) is 16.7. The van der Waals surface area contributed by atoms with E-state index in [1.54, 1.807) is 6.92 Å². The predicted molar refractivity (Wildman–Crippen MR) is 111 cm³/mol. The Morgan fingerprint density at radius 2 is 1.87 bits per heavy atom. The molecule has 0 unspecified atom stereocenters. The van der Waals surface area contributed by atoms with Crippen LogP contribution in [-0.2, 0) is 20.8 Å². The molecule has 1 aliphatic rings. The number of hydrogen-bond acceptors (Lipinski definition) is 5. The molecule has 162 valence electrons. The Hall–Kier alpha value is -2.26. The Morgan fingerprint density at radius 3 is 2.43 bits per heavy atom. The van der Waals surface area contributed by atoms with Gasteiger partial charge in [0.25, 0.3) is 0 Å². The first-order valence-electron chi connectivity index (χ1n) is 9.01. The molecule has 1 aromatic heterocycles. The van der Waals surface area contributed by atoms with Gasteiger partial charge in [-0.15, -0.1) is 0 Å². The molecule has 0 amide bonds. The van der Waals surface area contributed by atoms with Crippen LogP contribution in [-0.4, -0.2) is 32.1 Å². The van der Waals surface area contributed by atoms with Crippen LogP contribution in [0.3, 0.4) is 0 Å². The van der Waals surface area contributed by atoms with Gasteiger partial charge in [-0.3, -0.25) is 4.98 Å². The minimum absolute atomic E-state index is 0.0687. The number of aliphatic hydroxyl groups excluding tert-OH is 1. The highest BCUT2D eigenvalue weighted by Crippen LogP contribution is 2.52. The third kappa shape index (κ3) is 3.15. The van der Waals surface area contributed by atoms with E-state index in [4.69, 9.17) is 11.6 Å². The molecule has 5 nitrogen and oxygen atoms in total. The van der Waals surface area contributed by atoms with Crippen molar-refractivity contribution in [3.05, 3.63) is 57.9 Å². The standard InChI is InChI=1S/C20H20ClF3N2O3S/c1-5-26(4)16-13(21)9-8-11(14(16)20(22,23)24)18-17(27)15-12(7-6-10-25-15)19(2,3)30(18,28)29/h6-10,27H,5H2,1-4H3. The fourth-order valence-electron chi connectivity index (χ4n) is 3.56. The molecule has 2 aromatic rings. The van der Waals surface area contributed by atoms with Crippen LogP contribution in [0.4, 0.5) is 18.9 Å². The summed E-state index contributed by atoms with van der Waals surface area (Å²) in [6.45, 7) is 4.58. The Balaban J connectivity index is 2.52. The number of pyridine rings is 1. The van der Waals surface area contributed by atoms with Gasteiger partial charge in [0.15, 0.2) is 15.6 Å². The van der Waals surface area contributed by atoms with E-state index in [-0.39, 0.29) is 28.5 Å². The van der Waals surface area contributed by atoms with Crippen molar-refractivity contribution in [3.8, 4) is 0 Å². The number of halogens is 4. The summed E-state index contributed by atoms with van der Waals surface area (Å²) in [5.41, 5.74) is -2.10. The summed E-state index contributed by atoms with van der Waals surface area (Å²) < 4.78 is 67.9. The second-order valence-electron chi connectivity index (χ2n) is 7.42. The molecular weight excluding hydrogens is 441 g/mol. The lowest BCUT2D eigenvalue weighted by Gasteiger charge is -2.34. The van der Waals surface area contributed by atoms with Gasteiger partial charge in [-0.25, -0.2) is 8.42 Å². The third-order valence-electron chi connectivity index (χ3n) is 5.35. The molecule has 10 heteroatoms. The fourth-order valence-corrected chi connectivity index (χ4v) is 5.64. The molecule has 0 radical (unpaired) electrons. The molecule has 0 aliphatic carbocycles. The number of rotatable bonds is 3. The van der Waals surface area contributed by atoms with E-state index < -0.39 is 42.6 Å². The van der Waals surface area contributed by atoms with Crippen LogP contribution >= 0.6 is 11.6 Å². The Bertz CT molecular complexity index is 1160. The number of hydrogen-bond donors (Lipinski definition) is 1. The number of anilines is 1. The Morgan fingerprint density at radius 1 is 1.23 bits per heavy atom. The SMILES string of the molecule is CCN(C)c1c(Cl)ccc(C2=C(O)c3ncccc3C(C)(C)S2(=O)=O)c1C(F)(F)F. The van der Waals surface area contributed by atoms with Gasteiger partial charge in [0.1, 0.15) is 10.6 Å². The van der Waals surface area contributed by atoms with Crippen LogP contribution in [0.25, 0.3) is 10.7 Å². The van der Waals surface area contributed by atoms with Gasteiger partial charge >= 0.3 is 6.18 Å². The largest absolute Gasteiger partial charge is 0.504 e. The molecule has 2 heterocycles. The second-order valence-corrected chi connectivity index (χ2v) is 10.3. The Kier molecular flexibility index (Phi) is 5.35. The number of benzene rings is 1. The number of nitrogens with zero attached hydrogens (tertiary/aromatic N) is 2. The van der Waals surface area contributed by atoms with Crippen molar-refractivity contribution in [2.45, 2.75) is 31.7 Å². The summed E-state index contributed by atoms with van der Waals surface area (Å²) in [5, 5.41) is 10.6. The van der Waals surface area contributed by atoms with E-state index in [0.717, 1.165) is 6.07 Å². The molecule has 1 aromatic carbocycles. The first kappa shape index (κ1) is 22.4. The monoisotopic (exact) mass is 460 g/mol. The van der Waals surface area contributed by atoms with Crippen molar-refractivity contribution in [3.63, 3.8) is 0 Å². The van der Waals surface area contributed by atoms with Crippen molar-refractivity contribution in [1.29, 1.82) is 0 Å². The average molecular weight is 461 g/mol. The lowest BCUT2D eigenvalue weighted by molar-refractivity contribution is -0.137. The normalized spacial score (nSPS) is 17.6. The number of sulfone groups is 1. The van der Waals surface area contributed by atoms with Crippen molar-refractivity contribution in [2.75, 3.05) is 18.5 Å². The quantitative estimate of drug-likeness (QED) is 0.676. The average Bonchev–Trinajstić information content (AvgIpc) is 2.66. The first-order valence-corrected chi connectivity index (χ1v) is 10.9. The molecule has 0 bridgehead atoms. The molecule has 0 saturated carbocycles. The van der Waals surface area contributed by atoms with Crippen molar-refractivity contribution >= 4 is 37.8 Å². The molecule has 0 saturated heterocycles. The van der Waals surface area contributed by atoms with Crippen molar-refractivity contribution in [2.24, 2.45) is 0 Å². The number of aromatic nitrogens is 1. The molecule has 0 fully saturated rings. The molecule has 3 rings (SSSR count). The highest BCUT2D eigenvalue weighted by molar-refractivity contribution is 8.01. The van der Waals surface area contributed by atoms with Crippen LogP contribution in [0, 0.1) is 0 Å². The van der Waals surface area contributed by atoms with Gasteiger partial charge in [0.2, 0.25) is 0 Å². The maximum Gasteiger partial charge on any atom is 0.419 e. The van der Waals surface area contributed by atoms with Gasteiger partial charge in [-0.2, -0.15) is 13.2 Å². The molecule has 1 aliphatic heterocycles. The van der Waals surface area contributed by atoms with E-state index in [0.29, 0.717) is 0 Å². The maximum atomic E-state index is 14.2. The molecular formula is C20H20ClF3N2O3S. The summed E-state index contributed by atoms with van der Waals surface area (Å²) in [6.07, 6.45) is -3.60. The second kappa shape index (κ2) is 7.16. The zero-order valence-corrected chi connectivity index (χ0v) is 18.2. The third-order valence-corrected chi connectivity index (χ3v) is 8.17. The summed E-state index contributed by atoms with van der Waals surface area (Å²) in [6, 6.07) is 5.16. The van der Waals surface area contributed by atoms with E-state index in [2.05, 4.69) is 4.98 Å². The fraction of sp³-hybridized carbons (Fsp3) is 0.350. The van der Waals surface area contributed by atoms with Crippen molar-refractivity contribution in [1.82, 2.24) is 4.98 Å². The summed E-state index contributed by atoms with van der Waals surface area (Å²) in [5.74, 6) is -0.817. The summed E-state index contributed by atoms with van der Waals surface area (Å²) in [4.78, 5) is 4.50. The smallest absolute Gasteiger partial charge is 0.419 e. The topological polar surface area (TPSA) is 70.5 Å². The highest BCUT2D eigenvalue weighted by atomic mass is 35.5. The first-order chi connectivity index (χ1) is 13.8. The van der Waals surface area contributed by atoms with E-state index in [1.165, 1.54) is 50.2 Å². The van der Waals surface area contributed by atoms with E-state index in [1.807, 2.05) is 0 Å². The number of fused-ring (bicyclic) bond motifs is 1. The summed E-state index contributed by atoms with van der Waals surface area (Å²) >= 11 is 6.08. The van der Waals surface area contributed by atoms with Crippen LogP contribution < -0.4 is 4.90 Å². The number of aliphatic hydroxyl groups is 1. The van der Waals surface area contributed by atoms with Gasteiger partial charge in [0, 0.05) is 30.9 Å². The molecule has 0 spiro atoms. The van der Waals surface area contributed by atoms with Gasteiger partial charge < -0.3 is 10.0 Å². The van der Waals surface area contributed by atoms with Crippen molar-refractivity contribution < 1.29 is 26.7 Å². The van der Waals surface area contributed by atoms with Crippen LogP contribution in [0.15, 0.2) is 30.5 Å². The highest BCUT2D eigenvalue weighted by Gasteiger charge is 2.50. The number of alkyl halides is 3. The lowest BCUT2D eigenvalue weighted by Crippen LogP contribution is -2.35. The van der Waals surface area contributed by atoms with Gasteiger partial charge in [-0.1, -0.05) is 23.7 Å². The van der Waals surface area contributed by atoms with Crippen LogP contribution in [0.2, 0.25) is 5.02 Å². The van der Waals surface area contributed by atoms with Gasteiger partial charge in [-0.05, 0) is 32.9 Å². The summed E-state index contributed by atoms with van der Waals surface area (Å²) in [7, 11) is -3.01. The lowest BCUT2D eigenvalue weighted by atomic mass is 9.96. The van der Waals surface area contributed by atoms with E-state index in [9.17, 15) is 26.7 Å². The molecule has 1 N–H and O–H groups in total. The van der Waals surface area contributed by atoms with Crippen LogP contribution in [0.5, 0.6) is 0 Å². The minimum atomic E-state index is -4.93. The Labute approximate surface area is 177 Å². The maximum absolute atomic E-state index is 14.2.